The lowest BCUT2D eigenvalue weighted by Gasteiger charge is -2.29. The zero-order chi connectivity index (χ0) is 19.5. The number of furan rings is 1. The van der Waals surface area contributed by atoms with Crippen LogP contribution in [0.3, 0.4) is 0 Å². The van der Waals surface area contributed by atoms with Crippen LogP contribution < -0.4 is 5.32 Å². The summed E-state index contributed by atoms with van der Waals surface area (Å²) in [5.74, 6) is 2.81. The van der Waals surface area contributed by atoms with Gasteiger partial charge in [-0.25, -0.2) is 0 Å². The highest BCUT2D eigenvalue weighted by Crippen LogP contribution is 2.22. The van der Waals surface area contributed by atoms with Crippen molar-refractivity contribution in [2.75, 3.05) is 26.3 Å². The van der Waals surface area contributed by atoms with E-state index in [0.29, 0.717) is 25.4 Å². The second-order valence-corrected chi connectivity index (χ2v) is 8.24. The van der Waals surface area contributed by atoms with Crippen molar-refractivity contribution < 1.29 is 18.5 Å². The Bertz CT molecular complexity index is 791. The summed E-state index contributed by atoms with van der Waals surface area (Å²) >= 11 is 0. The largest absolute Gasteiger partial charge is 0.455 e. The van der Waals surface area contributed by atoms with Gasteiger partial charge in [0.2, 0.25) is 0 Å². The first-order valence-electron chi connectivity index (χ1n) is 10.2. The summed E-state index contributed by atoms with van der Waals surface area (Å²) in [6, 6.07) is 5.54. The lowest BCUT2D eigenvalue weighted by Crippen LogP contribution is -2.40. The monoisotopic (exact) mass is 387 g/mol. The molecular formula is C21H29N3O4. The molecule has 7 heteroatoms. The zero-order valence-electron chi connectivity index (χ0n) is 16.6. The zero-order valence-corrected chi connectivity index (χ0v) is 16.6. The Kier molecular flexibility index (Phi) is 5.82. The van der Waals surface area contributed by atoms with Crippen LogP contribution >= 0.6 is 0 Å². The van der Waals surface area contributed by atoms with Crippen molar-refractivity contribution in [3.8, 4) is 0 Å². The molecule has 0 aromatic carbocycles. The van der Waals surface area contributed by atoms with Gasteiger partial charge in [-0.1, -0.05) is 12.1 Å². The van der Waals surface area contributed by atoms with Gasteiger partial charge >= 0.3 is 0 Å². The summed E-state index contributed by atoms with van der Waals surface area (Å²) in [6.45, 7) is 8.24. The fourth-order valence-electron chi connectivity index (χ4n) is 4.00. The summed E-state index contributed by atoms with van der Waals surface area (Å²) in [4.78, 5) is 15.0. The number of rotatable bonds is 6. The molecule has 7 nitrogen and oxygen atoms in total. The number of carbonyl (C=O) groups excluding carboxylic acids is 1. The van der Waals surface area contributed by atoms with Gasteiger partial charge in [-0.2, -0.15) is 0 Å². The number of aryl methyl sites for hydroxylation is 1. The molecule has 2 fully saturated rings. The molecule has 0 saturated carbocycles. The van der Waals surface area contributed by atoms with E-state index in [0.717, 1.165) is 42.8 Å². The van der Waals surface area contributed by atoms with Crippen molar-refractivity contribution >= 4 is 5.91 Å². The number of likely N-dealkylation sites (tertiary alicyclic amines) is 1. The van der Waals surface area contributed by atoms with Crippen LogP contribution in [-0.2, 0) is 17.7 Å². The summed E-state index contributed by atoms with van der Waals surface area (Å²) in [5.41, 5.74) is 0.862. The van der Waals surface area contributed by atoms with E-state index in [4.69, 9.17) is 13.7 Å². The predicted molar refractivity (Wildman–Crippen MR) is 103 cm³/mol. The van der Waals surface area contributed by atoms with Gasteiger partial charge in [-0.15, -0.1) is 0 Å². The molecule has 152 valence electrons. The summed E-state index contributed by atoms with van der Waals surface area (Å²) < 4.78 is 16.7. The van der Waals surface area contributed by atoms with Crippen molar-refractivity contribution in [3.63, 3.8) is 0 Å². The van der Waals surface area contributed by atoms with Gasteiger partial charge in [0.15, 0.2) is 5.76 Å². The lowest BCUT2D eigenvalue weighted by molar-refractivity contribution is 0.0891. The topological polar surface area (TPSA) is 80.7 Å². The van der Waals surface area contributed by atoms with Gasteiger partial charge in [-0.05, 0) is 50.9 Å². The highest BCUT2D eigenvalue weighted by molar-refractivity contribution is 5.91. The molecule has 28 heavy (non-hydrogen) atoms. The first kappa shape index (κ1) is 19.2. The quantitative estimate of drug-likeness (QED) is 0.821. The van der Waals surface area contributed by atoms with Crippen molar-refractivity contribution in [1.29, 1.82) is 0 Å². The fraction of sp³-hybridized carbons (Fsp3) is 0.619. The number of hydrogen-bond donors (Lipinski definition) is 1. The minimum atomic E-state index is -0.187. The van der Waals surface area contributed by atoms with E-state index in [1.54, 1.807) is 6.07 Å². The van der Waals surface area contributed by atoms with Crippen LogP contribution in [0.2, 0.25) is 0 Å². The molecule has 1 N–H and O–H groups in total. The van der Waals surface area contributed by atoms with Crippen molar-refractivity contribution in [2.24, 2.45) is 11.8 Å². The molecule has 1 amide bonds. The second kappa shape index (κ2) is 8.49. The smallest absolute Gasteiger partial charge is 0.287 e. The van der Waals surface area contributed by atoms with Gasteiger partial charge in [0.25, 0.3) is 5.91 Å². The molecule has 2 aromatic heterocycles. The molecule has 2 aliphatic rings. The third kappa shape index (κ3) is 4.64. The Labute approximate surface area is 165 Å². The molecular weight excluding hydrogens is 358 g/mol. The molecule has 2 atom stereocenters. The van der Waals surface area contributed by atoms with E-state index in [-0.39, 0.29) is 17.9 Å². The fourth-order valence-corrected chi connectivity index (χ4v) is 4.00. The molecule has 2 aromatic rings. The van der Waals surface area contributed by atoms with Crippen LogP contribution in [0.1, 0.15) is 47.5 Å². The Morgan fingerprint density at radius 2 is 2.07 bits per heavy atom. The number of piperidine rings is 1. The Hall–Kier alpha value is -2.12. The Morgan fingerprint density at radius 3 is 2.82 bits per heavy atom. The van der Waals surface area contributed by atoms with Gasteiger partial charge in [0.1, 0.15) is 11.5 Å². The molecule has 0 bridgehead atoms. The average molecular weight is 387 g/mol. The molecule has 0 spiro atoms. The molecule has 2 aliphatic heterocycles. The number of carbonyl (C=O) groups is 1. The van der Waals surface area contributed by atoms with E-state index < -0.39 is 0 Å². The lowest BCUT2D eigenvalue weighted by atomic mass is 9.98. The van der Waals surface area contributed by atoms with E-state index in [9.17, 15) is 4.79 Å². The highest BCUT2D eigenvalue weighted by Gasteiger charge is 2.31. The molecule has 0 radical (unpaired) electrons. The first-order valence-corrected chi connectivity index (χ1v) is 10.2. The van der Waals surface area contributed by atoms with Gasteiger partial charge in [-0.3, -0.25) is 9.69 Å². The van der Waals surface area contributed by atoms with Crippen LogP contribution in [-0.4, -0.2) is 48.3 Å². The number of hydrogen-bond acceptors (Lipinski definition) is 6. The summed E-state index contributed by atoms with van der Waals surface area (Å²) in [7, 11) is 0. The third-order valence-corrected chi connectivity index (χ3v) is 5.80. The normalized spacial score (nSPS) is 23.9. The van der Waals surface area contributed by atoms with Crippen LogP contribution in [0.25, 0.3) is 0 Å². The minimum Gasteiger partial charge on any atom is -0.455 e. The highest BCUT2D eigenvalue weighted by atomic mass is 16.5. The van der Waals surface area contributed by atoms with E-state index in [1.165, 1.54) is 12.8 Å². The van der Waals surface area contributed by atoms with Crippen LogP contribution in [0.4, 0.5) is 0 Å². The number of amides is 1. The van der Waals surface area contributed by atoms with Crippen molar-refractivity contribution in [1.82, 2.24) is 15.4 Å². The SMILES string of the molecule is Cc1cc(C[C@@H]2COC[C@@H]2NC(=O)c2ccc(CN3CCC(C)CC3)o2)on1. The molecule has 0 unspecified atom stereocenters. The summed E-state index contributed by atoms with van der Waals surface area (Å²) in [5, 5.41) is 6.99. The standard InChI is InChI=1S/C21H29N3O4/c1-14-5-7-24(8-6-14)11-17-3-4-20(27-17)21(25)22-19-13-26-12-16(19)10-18-9-15(2)23-28-18/h3-4,9,14,16,19H,5-8,10-13H2,1-2H3,(H,22,25)/t16-,19+/m1/s1. The van der Waals surface area contributed by atoms with Crippen LogP contribution in [0, 0.1) is 18.8 Å². The van der Waals surface area contributed by atoms with Crippen molar-refractivity contribution in [2.45, 2.75) is 45.7 Å². The predicted octanol–water partition coefficient (Wildman–Crippen LogP) is 2.80. The van der Waals surface area contributed by atoms with Crippen LogP contribution in [0.5, 0.6) is 0 Å². The minimum absolute atomic E-state index is 0.0601. The number of nitrogens with zero attached hydrogens (tertiary/aromatic N) is 2. The van der Waals surface area contributed by atoms with Gasteiger partial charge in [0, 0.05) is 18.4 Å². The van der Waals surface area contributed by atoms with Crippen molar-refractivity contribution in [3.05, 3.63) is 41.2 Å². The molecule has 4 rings (SSSR count). The number of ether oxygens (including phenoxy) is 1. The van der Waals surface area contributed by atoms with E-state index in [1.807, 2.05) is 19.1 Å². The van der Waals surface area contributed by atoms with Gasteiger partial charge < -0.3 is 19.0 Å². The summed E-state index contributed by atoms with van der Waals surface area (Å²) in [6.07, 6.45) is 3.15. The van der Waals surface area contributed by atoms with E-state index >= 15 is 0 Å². The first-order chi connectivity index (χ1) is 13.6. The second-order valence-electron chi connectivity index (χ2n) is 8.24. The number of aromatic nitrogens is 1. The maximum Gasteiger partial charge on any atom is 0.287 e. The molecule has 4 heterocycles. The maximum absolute atomic E-state index is 12.6. The maximum atomic E-state index is 12.6. The average Bonchev–Trinajstić information content (AvgIpc) is 3.40. The Morgan fingerprint density at radius 1 is 1.25 bits per heavy atom. The van der Waals surface area contributed by atoms with E-state index in [2.05, 4.69) is 22.3 Å². The van der Waals surface area contributed by atoms with Crippen LogP contribution in [0.15, 0.2) is 27.1 Å². The molecule has 0 aliphatic carbocycles. The van der Waals surface area contributed by atoms with Gasteiger partial charge in [0.05, 0.1) is 31.5 Å². The number of nitrogens with one attached hydrogen (secondary N) is 1. The Balaban J connectivity index is 1.31. The molecule has 2 saturated heterocycles. The third-order valence-electron chi connectivity index (χ3n) is 5.80.